The van der Waals surface area contributed by atoms with Crippen LogP contribution in [-0.2, 0) is 16.6 Å². The van der Waals surface area contributed by atoms with Crippen LogP contribution in [0.5, 0.6) is 0 Å². The van der Waals surface area contributed by atoms with E-state index in [1.54, 1.807) is 4.68 Å². The summed E-state index contributed by atoms with van der Waals surface area (Å²) in [4.78, 5) is 2.30. The van der Waals surface area contributed by atoms with Crippen LogP contribution in [0.25, 0.3) is 0 Å². The maximum Gasteiger partial charge on any atom is 0.248 e. The van der Waals surface area contributed by atoms with Gasteiger partial charge in [-0.05, 0) is 27.8 Å². The van der Waals surface area contributed by atoms with Crippen molar-refractivity contribution in [2.45, 2.75) is 44.3 Å². The van der Waals surface area contributed by atoms with Crippen molar-refractivity contribution in [3.05, 3.63) is 6.20 Å². The summed E-state index contributed by atoms with van der Waals surface area (Å²) in [6, 6.07) is 0.354. The quantitative estimate of drug-likeness (QED) is 0.862. The summed E-state index contributed by atoms with van der Waals surface area (Å²) in [6.45, 7) is 7.48. The molecule has 0 aliphatic carbocycles. The van der Waals surface area contributed by atoms with Gasteiger partial charge in [-0.15, -0.1) is 0 Å². The number of sulfonamides is 1. The second-order valence-corrected chi connectivity index (χ2v) is 7.33. The topological polar surface area (TPSA) is 84.5 Å². The summed E-state index contributed by atoms with van der Waals surface area (Å²) in [6.07, 6.45) is 1.51. The standard InChI is InChI=1S/C12H23N5O2S/c1-5-16-8-11(12(13)14-16)20(18,19)17-6-9(2)15(4)10(3)7-17/h8-10H,5-7H2,1-4H3,(H2,13,14). The molecular weight excluding hydrogens is 278 g/mol. The van der Waals surface area contributed by atoms with E-state index in [2.05, 4.69) is 10.00 Å². The zero-order valence-electron chi connectivity index (χ0n) is 12.4. The van der Waals surface area contributed by atoms with Gasteiger partial charge in [0.25, 0.3) is 0 Å². The molecule has 1 aromatic heterocycles. The number of aryl methyl sites for hydroxylation is 1. The van der Waals surface area contributed by atoms with Gasteiger partial charge in [-0.25, -0.2) is 8.42 Å². The molecule has 1 aliphatic rings. The molecular formula is C12H23N5O2S. The van der Waals surface area contributed by atoms with Crippen molar-refractivity contribution in [1.29, 1.82) is 0 Å². The van der Waals surface area contributed by atoms with Gasteiger partial charge in [-0.2, -0.15) is 9.40 Å². The second-order valence-electron chi connectivity index (χ2n) is 5.42. The highest BCUT2D eigenvalue weighted by atomic mass is 32.2. The number of anilines is 1. The van der Waals surface area contributed by atoms with Crippen LogP contribution in [0.3, 0.4) is 0 Å². The van der Waals surface area contributed by atoms with Crippen molar-refractivity contribution in [2.24, 2.45) is 0 Å². The molecule has 8 heteroatoms. The monoisotopic (exact) mass is 301 g/mol. The van der Waals surface area contributed by atoms with Gasteiger partial charge in [0.15, 0.2) is 5.82 Å². The lowest BCUT2D eigenvalue weighted by Crippen LogP contribution is -2.56. The molecule has 1 fully saturated rings. The number of hydrogen-bond donors (Lipinski definition) is 1. The number of nitrogens with zero attached hydrogens (tertiary/aromatic N) is 4. The normalized spacial score (nSPS) is 26.0. The van der Waals surface area contributed by atoms with Gasteiger partial charge in [0, 0.05) is 37.9 Å². The maximum atomic E-state index is 12.7. The molecule has 0 saturated carbocycles. The van der Waals surface area contributed by atoms with Crippen LogP contribution in [0.15, 0.2) is 11.1 Å². The molecule has 2 heterocycles. The van der Waals surface area contributed by atoms with Crippen molar-refractivity contribution in [3.63, 3.8) is 0 Å². The molecule has 0 aromatic carbocycles. The minimum Gasteiger partial charge on any atom is -0.381 e. The Hall–Kier alpha value is -1.12. The van der Waals surface area contributed by atoms with E-state index in [0.29, 0.717) is 19.6 Å². The zero-order valence-corrected chi connectivity index (χ0v) is 13.3. The molecule has 0 bridgehead atoms. The molecule has 1 aliphatic heterocycles. The van der Waals surface area contributed by atoms with Crippen molar-refractivity contribution in [3.8, 4) is 0 Å². The number of nitrogen functional groups attached to an aromatic ring is 1. The number of likely N-dealkylation sites (N-methyl/N-ethyl adjacent to an activating group) is 1. The summed E-state index contributed by atoms with van der Waals surface area (Å²) in [5.41, 5.74) is 5.76. The Bertz CT molecular complexity index is 571. The third-order valence-corrected chi connectivity index (χ3v) is 5.87. The summed E-state index contributed by atoms with van der Waals surface area (Å²) in [5.74, 6) is 0.0751. The Morgan fingerprint density at radius 1 is 1.35 bits per heavy atom. The summed E-state index contributed by atoms with van der Waals surface area (Å²) in [5, 5.41) is 4.02. The van der Waals surface area contributed by atoms with Crippen molar-refractivity contribution < 1.29 is 8.42 Å². The van der Waals surface area contributed by atoms with Gasteiger partial charge in [0.2, 0.25) is 10.0 Å². The maximum absolute atomic E-state index is 12.7. The Balaban J connectivity index is 2.33. The van der Waals surface area contributed by atoms with E-state index in [9.17, 15) is 8.42 Å². The molecule has 20 heavy (non-hydrogen) atoms. The highest BCUT2D eigenvalue weighted by Gasteiger charge is 2.36. The fraction of sp³-hybridized carbons (Fsp3) is 0.750. The Morgan fingerprint density at radius 3 is 2.35 bits per heavy atom. The van der Waals surface area contributed by atoms with E-state index in [1.807, 2.05) is 27.8 Å². The van der Waals surface area contributed by atoms with Gasteiger partial charge >= 0.3 is 0 Å². The fourth-order valence-electron chi connectivity index (χ4n) is 2.47. The van der Waals surface area contributed by atoms with Crippen LogP contribution in [0, 0.1) is 0 Å². The Kier molecular flexibility index (Phi) is 4.08. The van der Waals surface area contributed by atoms with E-state index in [4.69, 9.17) is 5.73 Å². The summed E-state index contributed by atoms with van der Waals surface area (Å²) in [7, 11) is -1.56. The predicted molar refractivity (Wildman–Crippen MR) is 77.8 cm³/mol. The fourth-order valence-corrected chi connectivity index (χ4v) is 4.13. The summed E-state index contributed by atoms with van der Waals surface area (Å²) < 4.78 is 28.5. The molecule has 2 N–H and O–H groups in total. The van der Waals surface area contributed by atoms with Gasteiger partial charge < -0.3 is 5.73 Å². The van der Waals surface area contributed by atoms with E-state index >= 15 is 0 Å². The van der Waals surface area contributed by atoms with Gasteiger partial charge in [-0.1, -0.05) is 0 Å². The highest BCUT2D eigenvalue weighted by molar-refractivity contribution is 7.89. The van der Waals surface area contributed by atoms with E-state index in [1.165, 1.54) is 10.5 Å². The van der Waals surface area contributed by atoms with E-state index < -0.39 is 10.0 Å². The number of piperazine rings is 1. The SMILES string of the molecule is CCn1cc(S(=O)(=O)N2CC(C)N(C)C(C)C2)c(N)n1. The Morgan fingerprint density at radius 2 is 1.90 bits per heavy atom. The third kappa shape index (κ3) is 2.55. The van der Waals surface area contributed by atoms with Gasteiger partial charge in [-0.3, -0.25) is 9.58 Å². The molecule has 2 atom stereocenters. The molecule has 2 unspecified atom stereocenters. The Labute approximate surface area is 120 Å². The lowest BCUT2D eigenvalue weighted by molar-refractivity contribution is 0.105. The number of hydrogen-bond acceptors (Lipinski definition) is 5. The lowest BCUT2D eigenvalue weighted by atomic mass is 10.1. The van der Waals surface area contributed by atoms with Crippen LogP contribution < -0.4 is 5.73 Å². The zero-order chi connectivity index (χ0) is 15.1. The van der Waals surface area contributed by atoms with Crippen LogP contribution in [-0.4, -0.2) is 59.6 Å². The van der Waals surface area contributed by atoms with Crippen LogP contribution in [0.1, 0.15) is 20.8 Å². The van der Waals surface area contributed by atoms with Crippen molar-refractivity contribution in [2.75, 3.05) is 25.9 Å². The van der Waals surface area contributed by atoms with E-state index in [0.717, 1.165) is 0 Å². The first-order chi connectivity index (χ1) is 9.27. The first kappa shape index (κ1) is 15.3. The number of nitrogens with two attached hydrogens (primary N) is 1. The molecule has 2 rings (SSSR count). The van der Waals surface area contributed by atoms with Gasteiger partial charge in [0.05, 0.1) is 0 Å². The number of aromatic nitrogens is 2. The van der Waals surface area contributed by atoms with Crippen LogP contribution in [0.4, 0.5) is 5.82 Å². The van der Waals surface area contributed by atoms with Crippen LogP contribution >= 0.6 is 0 Å². The lowest BCUT2D eigenvalue weighted by Gasteiger charge is -2.41. The third-order valence-electron chi connectivity index (χ3n) is 4.02. The predicted octanol–water partition coefficient (Wildman–Crippen LogP) is 0.198. The first-order valence-electron chi connectivity index (χ1n) is 6.82. The minimum atomic E-state index is -3.57. The van der Waals surface area contributed by atoms with Crippen LogP contribution in [0.2, 0.25) is 0 Å². The molecule has 0 spiro atoms. The minimum absolute atomic E-state index is 0.0751. The van der Waals surface area contributed by atoms with Gasteiger partial charge in [0.1, 0.15) is 4.90 Å². The van der Waals surface area contributed by atoms with Crippen molar-refractivity contribution >= 4 is 15.8 Å². The second kappa shape index (κ2) is 5.34. The molecule has 0 amide bonds. The molecule has 7 nitrogen and oxygen atoms in total. The van der Waals surface area contributed by atoms with Crippen molar-refractivity contribution in [1.82, 2.24) is 19.0 Å². The first-order valence-corrected chi connectivity index (χ1v) is 8.26. The highest BCUT2D eigenvalue weighted by Crippen LogP contribution is 2.25. The average Bonchev–Trinajstić information content (AvgIpc) is 2.77. The molecule has 114 valence electrons. The summed E-state index contributed by atoms with van der Waals surface area (Å²) >= 11 is 0. The molecule has 1 aromatic rings. The smallest absolute Gasteiger partial charge is 0.248 e. The molecule has 1 saturated heterocycles. The number of rotatable bonds is 3. The largest absolute Gasteiger partial charge is 0.381 e. The molecule has 0 radical (unpaired) electrons. The average molecular weight is 301 g/mol. The van der Waals surface area contributed by atoms with E-state index in [-0.39, 0.29) is 22.8 Å².